The third-order valence-electron chi connectivity index (χ3n) is 5.47. The fraction of sp³-hybridized carbons (Fsp3) is 0.650. The van der Waals surface area contributed by atoms with Gasteiger partial charge in [-0.25, -0.2) is 0 Å². The molecule has 0 atom stereocenters. The van der Waals surface area contributed by atoms with E-state index >= 15 is 0 Å². The van der Waals surface area contributed by atoms with Crippen molar-refractivity contribution >= 4 is 23.0 Å². The number of hydrogen-bond acceptors (Lipinski definition) is 8. The Morgan fingerprint density at radius 2 is 1.24 bits per heavy atom. The molecule has 1 heterocycles. The molecule has 0 unspecified atom stereocenters. The molecule has 0 bridgehead atoms. The fourth-order valence-electron chi connectivity index (χ4n) is 4.08. The second-order valence-corrected chi connectivity index (χ2v) is 13.5. The van der Waals surface area contributed by atoms with Crippen molar-refractivity contribution in [2.75, 3.05) is 39.3 Å². The molecule has 1 aromatic rings. The van der Waals surface area contributed by atoms with Crippen LogP contribution in [0.4, 0.5) is 0 Å². The van der Waals surface area contributed by atoms with Crippen LogP contribution in [0.15, 0.2) is 39.5 Å². The first kappa shape index (κ1) is 24.2. The van der Waals surface area contributed by atoms with Crippen LogP contribution in [-0.2, 0) is 0 Å². The number of nitrogens with zero attached hydrogens (tertiary/aromatic N) is 6. The van der Waals surface area contributed by atoms with Crippen molar-refractivity contribution in [3.05, 3.63) is 29.8 Å². The molecule has 7 nitrogen and oxygen atoms in total. The second-order valence-electron chi connectivity index (χ2n) is 6.83. The molecule has 0 saturated carbocycles. The molecule has 0 amide bonds. The van der Waals surface area contributed by atoms with Gasteiger partial charge in [0.2, 0.25) is 0 Å². The van der Waals surface area contributed by atoms with Crippen LogP contribution >= 0.6 is 17.8 Å². The summed E-state index contributed by atoms with van der Waals surface area (Å²) < 4.78 is 13.7. The summed E-state index contributed by atoms with van der Waals surface area (Å²) in [6.07, 6.45) is -3.24. The van der Waals surface area contributed by atoms with E-state index in [0.717, 1.165) is 45.0 Å². The Balaban J connectivity index is 2.62. The summed E-state index contributed by atoms with van der Waals surface area (Å²) >= 11 is 1.67. The second kappa shape index (κ2) is 10.3. The Bertz CT molecular complexity index is 680. The van der Waals surface area contributed by atoms with E-state index in [9.17, 15) is 0 Å². The zero-order valence-electron chi connectivity index (χ0n) is 19.0. The summed E-state index contributed by atoms with van der Waals surface area (Å²) in [5.41, 5.74) is 1.20. The molecule has 29 heavy (non-hydrogen) atoms. The van der Waals surface area contributed by atoms with Crippen molar-refractivity contribution in [1.29, 1.82) is 0 Å². The normalized spacial score (nSPS) is 19.2. The summed E-state index contributed by atoms with van der Waals surface area (Å²) in [6, 6.07) is 8.05. The monoisotopic (exact) mass is 440 g/mol. The molecule has 0 N–H and O–H groups in total. The van der Waals surface area contributed by atoms with Gasteiger partial charge in [-0.05, 0) is 0 Å². The van der Waals surface area contributed by atoms with Gasteiger partial charge in [0.1, 0.15) is 0 Å². The van der Waals surface area contributed by atoms with E-state index in [1.165, 1.54) is 5.56 Å². The van der Waals surface area contributed by atoms with E-state index in [4.69, 9.17) is 9.62 Å². The third kappa shape index (κ3) is 4.23. The van der Waals surface area contributed by atoms with Gasteiger partial charge in [-0.1, -0.05) is 0 Å². The Morgan fingerprint density at radius 1 is 0.793 bits per heavy atom. The summed E-state index contributed by atoms with van der Waals surface area (Å²) in [6.45, 7) is 20.6. The SMILES string of the molecule is CCN(CC)P1(N(CC)CC)(N(CC)CC)N=NN=C(Oc2ccc(C)cc2)S1. The van der Waals surface area contributed by atoms with Crippen molar-refractivity contribution in [3.8, 4) is 5.75 Å². The van der Waals surface area contributed by atoms with E-state index in [0.29, 0.717) is 5.23 Å². The van der Waals surface area contributed by atoms with Crippen LogP contribution < -0.4 is 4.74 Å². The molecule has 0 spiro atoms. The van der Waals surface area contributed by atoms with E-state index in [1.807, 2.05) is 24.3 Å². The maximum absolute atomic E-state index is 6.22. The summed E-state index contributed by atoms with van der Waals surface area (Å²) in [5.74, 6) is 0.772. The fourth-order valence-corrected chi connectivity index (χ4v) is 13.9. The van der Waals surface area contributed by atoms with Crippen LogP contribution in [0.3, 0.4) is 0 Å². The number of benzene rings is 1. The van der Waals surface area contributed by atoms with Crippen LogP contribution in [0, 0.1) is 6.92 Å². The van der Waals surface area contributed by atoms with E-state index in [2.05, 4.69) is 72.8 Å². The topological polar surface area (TPSA) is 56.0 Å². The average molecular weight is 441 g/mol. The molecule has 0 radical (unpaired) electrons. The van der Waals surface area contributed by atoms with Crippen LogP contribution in [-0.4, -0.2) is 58.5 Å². The van der Waals surface area contributed by atoms with Crippen LogP contribution in [0.1, 0.15) is 47.1 Å². The van der Waals surface area contributed by atoms with Crippen molar-refractivity contribution < 1.29 is 4.74 Å². The van der Waals surface area contributed by atoms with E-state index in [1.54, 1.807) is 11.4 Å². The van der Waals surface area contributed by atoms with Gasteiger partial charge in [0.05, 0.1) is 0 Å². The van der Waals surface area contributed by atoms with Gasteiger partial charge in [0.15, 0.2) is 0 Å². The molecule has 0 saturated heterocycles. The van der Waals surface area contributed by atoms with Gasteiger partial charge < -0.3 is 0 Å². The van der Waals surface area contributed by atoms with Gasteiger partial charge in [0, 0.05) is 0 Å². The minimum absolute atomic E-state index is 0.562. The summed E-state index contributed by atoms with van der Waals surface area (Å²) in [4.78, 5) is 5.05. The van der Waals surface area contributed by atoms with Gasteiger partial charge in [-0.2, -0.15) is 0 Å². The van der Waals surface area contributed by atoms with E-state index < -0.39 is 6.41 Å². The Labute approximate surface area is 180 Å². The molecule has 9 heteroatoms. The van der Waals surface area contributed by atoms with Crippen LogP contribution in [0.25, 0.3) is 0 Å². The Morgan fingerprint density at radius 3 is 1.66 bits per heavy atom. The first-order valence-electron chi connectivity index (χ1n) is 10.7. The predicted molar refractivity (Wildman–Crippen MR) is 127 cm³/mol. The zero-order chi connectivity index (χ0) is 21.5. The average Bonchev–Trinajstić information content (AvgIpc) is 2.72. The number of aryl methyl sites for hydroxylation is 1. The molecule has 0 fully saturated rings. The van der Waals surface area contributed by atoms with Crippen LogP contribution in [0.2, 0.25) is 0 Å². The molecule has 0 aliphatic carbocycles. The van der Waals surface area contributed by atoms with Crippen molar-refractivity contribution in [2.24, 2.45) is 15.2 Å². The zero-order valence-corrected chi connectivity index (χ0v) is 20.7. The van der Waals surface area contributed by atoms with E-state index in [-0.39, 0.29) is 0 Å². The Kier molecular flexibility index (Phi) is 8.61. The molecule has 1 aliphatic rings. The first-order valence-corrected chi connectivity index (χ1v) is 14.1. The summed E-state index contributed by atoms with van der Waals surface area (Å²) in [7, 11) is 0. The number of ether oxygens (including phenoxy) is 1. The standard InChI is InChI=1S/C20H37N6OPS/c1-8-24(9-2)28(25(10-3)11-4,26(12-5)13-6)23-22-21-20(29-28)27-19-16-14-18(7)15-17-19/h14-17H,8-13H2,1-7H3. The third-order valence-corrected chi connectivity index (χ3v) is 14.9. The Hall–Kier alpha value is -1.05. The first-order chi connectivity index (χ1) is 13.9. The predicted octanol–water partition coefficient (Wildman–Crippen LogP) is 6.00. The molecule has 1 aliphatic heterocycles. The minimum atomic E-state index is -3.24. The van der Waals surface area contributed by atoms with Crippen LogP contribution in [0.5, 0.6) is 5.75 Å². The van der Waals surface area contributed by atoms with Gasteiger partial charge in [-0.15, -0.1) is 0 Å². The van der Waals surface area contributed by atoms with Crippen molar-refractivity contribution in [3.63, 3.8) is 0 Å². The van der Waals surface area contributed by atoms with Crippen molar-refractivity contribution in [1.82, 2.24) is 14.0 Å². The maximum atomic E-state index is 6.22. The molecule has 2 rings (SSSR count). The molecular weight excluding hydrogens is 403 g/mol. The van der Waals surface area contributed by atoms with Gasteiger partial charge in [-0.3, -0.25) is 0 Å². The molecule has 164 valence electrons. The number of hydrogen-bond donors (Lipinski definition) is 0. The quantitative estimate of drug-likeness (QED) is 0.418. The van der Waals surface area contributed by atoms with Gasteiger partial charge in [0.25, 0.3) is 0 Å². The van der Waals surface area contributed by atoms with Crippen molar-refractivity contribution in [2.45, 2.75) is 48.5 Å². The summed E-state index contributed by atoms with van der Waals surface area (Å²) in [5, 5.41) is 9.22. The number of rotatable bonds is 10. The molecular formula is C20H37N6OPS. The molecule has 0 aromatic heterocycles. The molecule has 1 aromatic carbocycles. The van der Waals surface area contributed by atoms with Gasteiger partial charge >= 0.3 is 180 Å².